The molecule has 2 amide bonds. The number of carbonyl (C=O) groups excluding carboxylic acids is 1. The largest absolute Gasteiger partial charge is 0.488 e. The van der Waals surface area contributed by atoms with Crippen LogP contribution in [0.1, 0.15) is 30.9 Å². The van der Waals surface area contributed by atoms with Gasteiger partial charge in [0, 0.05) is 23.0 Å². The van der Waals surface area contributed by atoms with Crippen LogP contribution in [0.3, 0.4) is 0 Å². The summed E-state index contributed by atoms with van der Waals surface area (Å²) in [5.41, 5.74) is 9.44. The molecule has 0 atom stereocenters. The minimum Gasteiger partial charge on any atom is -0.488 e. The van der Waals surface area contributed by atoms with Crippen molar-refractivity contribution in [3.63, 3.8) is 0 Å². The summed E-state index contributed by atoms with van der Waals surface area (Å²) in [5.74, 6) is 2.73. The van der Waals surface area contributed by atoms with Crippen LogP contribution in [0, 0.1) is 6.92 Å². The molecule has 5 rings (SSSR count). The zero-order chi connectivity index (χ0) is 27.9. The lowest BCUT2D eigenvalue weighted by molar-refractivity contribution is 0.262. The number of nitrogen functional groups attached to an aromatic ring is 1. The number of aromatic nitrogens is 3. The topological polar surface area (TPSA) is 107 Å². The molecule has 0 saturated heterocycles. The zero-order valence-electron chi connectivity index (χ0n) is 22.6. The summed E-state index contributed by atoms with van der Waals surface area (Å²) in [6.07, 6.45) is 3.89. The van der Waals surface area contributed by atoms with Gasteiger partial charge in [-0.15, -0.1) is 11.8 Å². The van der Waals surface area contributed by atoms with Crippen molar-refractivity contribution in [3.8, 4) is 11.4 Å². The number of nitrogens with zero attached hydrogens (tertiary/aromatic N) is 3. The molecule has 0 unspecified atom stereocenters. The van der Waals surface area contributed by atoms with E-state index in [1.54, 1.807) is 28.7 Å². The molecule has 4 N–H and O–H groups in total. The predicted molar refractivity (Wildman–Crippen MR) is 164 cm³/mol. The monoisotopic (exact) mass is 552 g/mol. The Morgan fingerprint density at radius 2 is 1.80 bits per heavy atom. The second kappa shape index (κ2) is 12.6. The fourth-order valence-corrected chi connectivity index (χ4v) is 5.22. The van der Waals surface area contributed by atoms with E-state index in [0.717, 1.165) is 51.2 Å². The first-order chi connectivity index (χ1) is 19.5. The quantitative estimate of drug-likeness (QED) is 0.123. The molecular formula is C31H32N6O2S. The second-order valence-electron chi connectivity index (χ2n) is 9.43. The van der Waals surface area contributed by atoms with E-state index in [-0.39, 0.29) is 6.03 Å². The Balaban J connectivity index is 1.35. The van der Waals surface area contributed by atoms with Crippen molar-refractivity contribution >= 4 is 45.9 Å². The molecule has 3 aromatic carbocycles. The van der Waals surface area contributed by atoms with Crippen molar-refractivity contribution in [1.82, 2.24) is 14.8 Å². The minimum absolute atomic E-state index is 0.353. The predicted octanol–water partition coefficient (Wildman–Crippen LogP) is 7.43. The summed E-state index contributed by atoms with van der Waals surface area (Å²) in [6, 6.07) is 24.8. The summed E-state index contributed by atoms with van der Waals surface area (Å²) < 4.78 is 7.88. The van der Waals surface area contributed by atoms with Crippen LogP contribution < -0.4 is 21.1 Å². The highest BCUT2D eigenvalue weighted by molar-refractivity contribution is 7.99. The van der Waals surface area contributed by atoms with Crippen molar-refractivity contribution in [2.45, 2.75) is 38.3 Å². The first-order valence-corrected chi connectivity index (χ1v) is 14.2. The highest BCUT2D eigenvalue weighted by Gasteiger charge is 2.15. The molecule has 5 aromatic rings. The lowest BCUT2D eigenvalue weighted by Crippen LogP contribution is -2.21. The van der Waals surface area contributed by atoms with Gasteiger partial charge in [-0.1, -0.05) is 55.3 Å². The van der Waals surface area contributed by atoms with Gasteiger partial charge in [-0.25, -0.2) is 14.5 Å². The number of unbranched alkanes of at least 4 members (excludes halogenated alkanes) is 1. The van der Waals surface area contributed by atoms with Crippen LogP contribution in [0.4, 0.5) is 22.1 Å². The molecule has 2 heterocycles. The Morgan fingerprint density at radius 1 is 1.00 bits per heavy atom. The van der Waals surface area contributed by atoms with Crippen LogP contribution in [-0.4, -0.2) is 26.5 Å². The molecule has 0 radical (unpaired) electrons. The van der Waals surface area contributed by atoms with Gasteiger partial charge in [0.25, 0.3) is 0 Å². The molecule has 0 fully saturated rings. The van der Waals surface area contributed by atoms with E-state index < -0.39 is 0 Å². The Morgan fingerprint density at radius 3 is 2.58 bits per heavy atom. The van der Waals surface area contributed by atoms with E-state index >= 15 is 0 Å². The summed E-state index contributed by atoms with van der Waals surface area (Å²) in [5, 5.41) is 13.4. The molecule has 204 valence electrons. The van der Waals surface area contributed by atoms with E-state index in [2.05, 4.69) is 22.5 Å². The Bertz CT molecular complexity index is 1620. The standard InChI is InChI=1S/C31H32N6O2S/c1-3-4-17-40-30-19-29(37(36-30)23-11-9-21(2)10-12-23)35-31(38)34-26-13-14-27(25-8-6-5-7-24(25)26)39-20-22-15-16-33-28(32)18-22/h5-16,18-19H,3-4,17,20H2,1-2H3,(H2,32,33)(H2,34,35,38). The number of fused-ring (bicyclic) bond motifs is 1. The third-order valence-electron chi connectivity index (χ3n) is 6.33. The maximum Gasteiger partial charge on any atom is 0.324 e. The number of thioether (sulfide) groups is 1. The average molecular weight is 553 g/mol. The molecule has 0 saturated carbocycles. The highest BCUT2D eigenvalue weighted by Crippen LogP contribution is 2.32. The van der Waals surface area contributed by atoms with Crippen molar-refractivity contribution in [3.05, 3.63) is 96.2 Å². The first kappa shape index (κ1) is 27.1. The van der Waals surface area contributed by atoms with Crippen LogP contribution in [0.25, 0.3) is 16.5 Å². The lowest BCUT2D eigenvalue weighted by atomic mass is 10.1. The normalized spacial score (nSPS) is 10.9. The first-order valence-electron chi connectivity index (χ1n) is 13.2. The number of benzene rings is 3. The van der Waals surface area contributed by atoms with Crippen LogP contribution in [-0.2, 0) is 6.61 Å². The van der Waals surface area contributed by atoms with Crippen LogP contribution in [0.5, 0.6) is 5.75 Å². The molecule has 0 bridgehead atoms. The summed E-state index contributed by atoms with van der Waals surface area (Å²) in [6.45, 7) is 4.56. The maximum atomic E-state index is 13.2. The third-order valence-corrected chi connectivity index (χ3v) is 7.32. The van der Waals surface area contributed by atoms with E-state index in [1.165, 1.54) is 0 Å². The summed E-state index contributed by atoms with van der Waals surface area (Å²) in [4.78, 5) is 17.3. The number of rotatable bonds is 10. The third kappa shape index (κ3) is 6.55. The number of amides is 2. The number of anilines is 3. The number of aryl methyl sites for hydroxylation is 1. The molecule has 0 aliphatic rings. The smallest absolute Gasteiger partial charge is 0.324 e. The van der Waals surface area contributed by atoms with E-state index in [9.17, 15) is 4.79 Å². The van der Waals surface area contributed by atoms with E-state index in [1.807, 2.05) is 79.7 Å². The highest BCUT2D eigenvalue weighted by atomic mass is 32.2. The van der Waals surface area contributed by atoms with Crippen LogP contribution in [0.15, 0.2) is 90.1 Å². The molecule has 2 aromatic heterocycles. The molecule has 0 aliphatic carbocycles. The summed E-state index contributed by atoms with van der Waals surface area (Å²) in [7, 11) is 0. The van der Waals surface area contributed by atoms with Crippen LogP contribution in [0.2, 0.25) is 0 Å². The number of carbonyl (C=O) groups is 1. The van der Waals surface area contributed by atoms with E-state index in [4.69, 9.17) is 15.6 Å². The average Bonchev–Trinajstić information content (AvgIpc) is 3.35. The Kier molecular flexibility index (Phi) is 8.51. The van der Waals surface area contributed by atoms with E-state index in [0.29, 0.717) is 29.7 Å². The number of nitrogens with one attached hydrogen (secondary N) is 2. The maximum absolute atomic E-state index is 13.2. The number of hydrogen-bond acceptors (Lipinski definition) is 6. The van der Waals surface area contributed by atoms with Crippen molar-refractivity contribution in [2.24, 2.45) is 0 Å². The van der Waals surface area contributed by atoms with Gasteiger partial charge in [0.15, 0.2) is 0 Å². The van der Waals surface area contributed by atoms with Gasteiger partial charge in [-0.2, -0.15) is 5.10 Å². The van der Waals surface area contributed by atoms with Gasteiger partial charge < -0.3 is 15.8 Å². The molecule has 9 heteroatoms. The molecule has 40 heavy (non-hydrogen) atoms. The molecule has 8 nitrogen and oxygen atoms in total. The van der Waals surface area contributed by atoms with Gasteiger partial charge >= 0.3 is 6.03 Å². The Labute approximate surface area is 238 Å². The minimum atomic E-state index is -0.357. The number of pyridine rings is 1. The van der Waals surface area contributed by atoms with Gasteiger partial charge in [-0.3, -0.25) is 5.32 Å². The van der Waals surface area contributed by atoms with Crippen LogP contribution >= 0.6 is 11.8 Å². The number of ether oxygens (including phenoxy) is 1. The van der Waals surface area contributed by atoms with Gasteiger partial charge in [0.2, 0.25) is 0 Å². The van der Waals surface area contributed by atoms with Gasteiger partial charge in [0.05, 0.1) is 11.4 Å². The number of hydrogen-bond donors (Lipinski definition) is 3. The summed E-state index contributed by atoms with van der Waals surface area (Å²) >= 11 is 1.69. The van der Waals surface area contributed by atoms with Gasteiger partial charge in [0.1, 0.15) is 29.0 Å². The zero-order valence-corrected chi connectivity index (χ0v) is 23.4. The van der Waals surface area contributed by atoms with Crippen molar-refractivity contribution < 1.29 is 9.53 Å². The molecule has 0 aliphatic heterocycles. The fourth-order valence-electron chi connectivity index (χ4n) is 4.24. The molecular weight excluding hydrogens is 520 g/mol. The lowest BCUT2D eigenvalue weighted by Gasteiger charge is -2.14. The second-order valence-corrected chi connectivity index (χ2v) is 10.5. The number of nitrogens with two attached hydrogens (primary N) is 1. The SMILES string of the molecule is CCCCSc1cc(NC(=O)Nc2ccc(OCc3ccnc(N)c3)c3ccccc23)n(-c2ccc(C)cc2)n1. The fraction of sp³-hybridized carbons (Fsp3) is 0.194. The van der Waals surface area contributed by atoms with Crippen molar-refractivity contribution in [2.75, 3.05) is 22.1 Å². The van der Waals surface area contributed by atoms with Crippen molar-refractivity contribution in [1.29, 1.82) is 0 Å². The Hall–Kier alpha value is -4.50. The number of urea groups is 1. The molecule has 0 spiro atoms. The van der Waals surface area contributed by atoms with Gasteiger partial charge in [-0.05, 0) is 61.1 Å².